The second kappa shape index (κ2) is 8.63. The van der Waals surface area contributed by atoms with E-state index >= 15 is 0 Å². The number of ether oxygens (including phenoxy) is 1. The van der Waals surface area contributed by atoms with Gasteiger partial charge in [-0.05, 0) is 38.0 Å². The number of aryl methyl sites for hydroxylation is 1. The van der Waals surface area contributed by atoms with Gasteiger partial charge in [0.05, 0.1) is 47.3 Å². The number of esters is 1. The number of hydrogen-bond acceptors (Lipinski definition) is 7. The van der Waals surface area contributed by atoms with E-state index in [1.807, 2.05) is 35.9 Å². The van der Waals surface area contributed by atoms with Crippen LogP contribution >= 0.6 is 0 Å². The molecule has 0 bridgehead atoms. The number of methoxy groups -OCH3 is 1. The average Bonchev–Trinajstić information content (AvgIpc) is 3.26. The number of benzene rings is 1. The minimum Gasteiger partial charge on any atom is -0.465 e. The normalized spacial score (nSPS) is 21.4. The lowest BCUT2D eigenvalue weighted by atomic mass is 10.1. The zero-order chi connectivity index (χ0) is 22.2. The van der Waals surface area contributed by atoms with Crippen molar-refractivity contribution in [3.05, 3.63) is 46.8 Å². The number of sulfone groups is 1. The summed E-state index contributed by atoms with van der Waals surface area (Å²) < 4.78 is 30.5. The smallest absolute Gasteiger partial charge is 0.337 e. The summed E-state index contributed by atoms with van der Waals surface area (Å²) >= 11 is 0. The third kappa shape index (κ3) is 4.62. The maximum Gasteiger partial charge on any atom is 0.337 e. The van der Waals surface area contributed by atoms with Crippen LogP contribution in [0.2, 0.25) is 0 Å². The molecule has 168 valence electrons. The van der Waals surface area contributed by atoms with Crippen LogP contribution in [0, 0.1) is 13.8 Å². The van der Waals surface area contributed by atoms with Crippen molar-refractivity contribution in [2.45, 2.75) is 32.9 Å². The van der Waals surface area contributed by atoms with E-state index in [0.29, 0.717) is 12.0 Å². The molecule has 0 saturated carbocycles. The molecule has 1 aromatic heterocycles. The number of nitrogens with zero attached hydrogens (tertiary/aromatic N) is 4. The molecule has 0 aliphatic carbocycles. The van der Waals surface area contributed by atoms with E-state index in [1.165, 1.54) is 12.7 Å². The van der Waals surface area contributed by atoms with Crippen LogP contribution in [0.1, 0.15) is 39.8 Å². The minimum atomic E-state index is -2.94. The van der Waals surface area contributed by atoms with Crippen molar-refractivity contribution in [2.24, 2.45) is 0 Å². The van der Waals surface area contributed by atoms with Crippen molar-refractivity contribution < 1.29 is 17.9 Å². The molecule has 0 N–H and O–H groups in total. The van der Waals surface area contributed by atoms with Gasteiger partial charge in [0.25, 0.3) is 0 Å². The highest BCUT2D eigenvalue weighted by atomic mass is 32.2. The summed E-state index contributed by atoms with van der Waals surface area (Å²) in [6.45, 7) is 8.56. The molecule has 1 aromatic carbocycles. The van der Waals surface area contributed by atoms with Gasteiger partial charge >= 0.3 is 5.97 Å². The summed E-state index contributed by atoms with van der Waals surface area (Å²) in [6, 6.07) is 7.52. The Hall–Kier alpha value is -2.39. The first-order chi connectivity index (χ1) is 14.8. The molecule has 2 aliphatic rings. The number of anilines is 1. The molecular weight excluding hydrogens is 416 g/mol. The van der Waals surface area contributed by atoms with Crippen LogP contribution in [0.3, 0.4) is 0 Å². The van der Waals surface area contributed by atoms with Crippen molar-refractivity contribution in [1.82, 2.24) is 14.7 Å². The predicted octanol–water partition coefficient (Wildman–Crippen LogP) is 1.97. The van der Waals surface area contributed by atoms with E-state index in [-0.39, 0.29) is 23.5 Å². The quantitative estimate of drug-likeness (QED) is 0.649. The van der Waals surface area contributed by atoms with Gasteiger partial charge in [-0.25, -0.2) is 13.2 Å². The van der Waals surface area contributed by atoms with Gasteiger partial charge in [0.1, 0.15) is 0 Å². The Morgan fingerprint density at radius 2 is 1.81 bits per heavy atom. The van der Waals surface area contributed by atoms with E-state index < -0.39 is 9.84 Å². The standard InChI is InChI=1S/C22H30N4O4S/c1-16-21(17(2)26(23-16)20-8-13-31(28,29)15-20)25-11-9-24(10-12-25)14-18-4-6-19(7-5-18)22(27)30-3/h4-7,20H,8-15H2,1-3H3/t20-/m0/s1. The number of carbonyl (C=O) groups excluding carboxylic acids is 1. The second-order valence-electron chi connectivity index (χ2n) is 8.47. The fourth-order valence-corrected chi connectivity index (χ4v) is 6.38. The van der Waals surface area contributed by atoms with Gasteiger partial charge in [-0.2, -0.15) is 5.10 Å². The van der Waals surface area contributed by atoms with E-state index in [9.17, 15) is 13.2 Å². The lowest BCUT2D eigenvalue weighted by molar-refractivity contribution is 0.0600. The zero-order valence-corrected chi connectivity index (χ0v) is 19.2. The lowest BCUT2D eigenvalue weighted by Gasteiger charge is -2.36. The van der Waals surface area contributed by atoms with Crippen molar-refractivity contribution in [3.63, 3.8) is 0 Å². The second-order valence-corrected chi connectivity index (χ2v) is 10.7. The third-order valence-electron chi connectivity index (χ3n) is 6.31. The molecule has 31 heavy (non-hydrogen) atoms. The summed E-state index contributed by atoms with van der Waals surface area (Å²) in [5.41, 5.74) is 4.91. The van der Waals surface area contributed by atoms with E-state index in [1.54, 1.807) is 0 Å². The lowest BCUT2D eigenvalue weighted by Crippen LogP contribution is -2.46. The maximum atomic E-state index is 11.9. The Morgan fingerprint density at radius 1 is 1.13 bits per heavy atom. The van der Waals surface area contributed by atoms with E-state index in [4.69, 9.17) is 9.84 Å². The number of piperazine rings is 1. The molecule has 4 rings (SSSR count). The fourth-order valence-electron chi connectivity index (χ4n) is 4.69. The van der Waals surface area contributed by atoms with Crippen LogP contribution in [-0.2, 0) is 21.1 Å². The molecule has 2 fully saturated rings. The Labute approximate surface area is 183 Å². The van der Waals surface area contributed by atoms with Crippen molar-refractivity contribution in [2.75, 3.05) is 49.7 Å². The molecule has 1 atom stereocenters. The summed E-state index contributed by atoms with van der Waals surface area (Å²) in [7, 11) is -1.55. The molecule has 0 radical (unpaired) electrons. The maximum absolute atomic E-state index is 11.9. The van der Waals surface area contributed by atoms with Crippen LogP contribution < -0.4 is 4.90 Å². The first kappa shape index (κ1) is 21.8. The summed E-state index contributed by atoms with van der Waals surface area (Å²) in [6.07, 6.45) is 0.645. The monoisotopic (exact) mass is 446 g/mol. The highest BCUT2D eigenvalue weighted by molar-refractivity contribution is 7.91. The average molecular weight is 447 g/mol. The SMILES string of the molecule is COC(=O)c1ccc(CN2CCN(c3c(C)nn([C@H]4CCS(=O)(=O)C4)c3C)CC2)cc1. The number of aromatic nitrogens is 2. The molecule has 2 aromatic rings. The Morgan fingerprint density at radius 3 is 2.39 bits per heavy atom. The molecule has 0 amide bonds. The van der Waals surface area contributed by atoms with Gasteiger partial charge < -0.3 is 9.64 Å². The van der Waals surface area contributed by atoms with E-state index in [2.05, 4.69) is 16.7 Å². The Balaban J connectivity index is 1.38. The van der Waals surface area contributed by atoms with Crippen LogP contribution in [0.4, 0.5) is 5.69 Å². The molecule has 2 saturated heterocycles. The molecule has 2 aliphatic heterocycles. The van der Waals surface area contributed by atoms with Gasteiger partial charge in [-0.3, -0.25) is 9.58 Å². The van der Waals surface area contributed by atoms with Crippen LogP contribution in [0.15, 0.2) is 24.3 Å². The highest BCUT2D eigenvalue weighted by Gasteiger charge is 2.32. The van der Waals surface area contributed by atoms with Gasteiger partial charge in [-0.1, -0.05) is 12.1 Å². The van der Waals surface area contributed by atoms with Crippen molar-refractivity contribution >= 4 is 21.5 Å². The van der Waals surface area contributed by atoms with Gasteiger partial charge in [0, 0.05) is 32.7 Å². The Kier molecular flexibility index (Phi) is 6.07. The van der Waals surface area contributed by atoms with Crippen LogP contribution in [0.5, 0.6) is 0 Å². The molecule has 9 heteroatoms. The first-order valence-electron chi connectivity index (χ1n) is 10.7. The topological polar surface area (TPSA) is 84.7 Å². The van der Waals surface area contributed by atoms with Crippen LogP contribution in [0.25, 0.3) is 0 Å². The molecular formula is C22H30N4O4S. The van der Waals surface area contributed by atoms with Crippen LogP contribution in [-0.4, -0.2) is 73.9 Å². The summed E-state index contributed by atoms with van der Waals surface area (Å²) in [4.78, 5) is 16.4. The first-order valence-corrected chi connectivity index (χ1v) is 12.5. The largest absolute Gasteiger partial charge is 0.465 e. The van der Waals surface area contributed by atoms with Gasteiger partial charge in [0.2, 0.25) is 0 Å². The third-order valence-corrected chi connectivity index (χ3v) is 8.06. The molecule has 0 unspecified atom stereocenters. The van der Waals surface area contributed by atoms with Crippen molar-refractivity contribution in [1.29, 1.82) is 0 Å². The molecule has 0 spiro atoms. The fraction of sp³-hybridized carbons (Fsp3) is 0.545. The van der Waals surface area contributed by atoms with Gasteiger partial charge in [0.15, 0.2) is 9.84 Å². The molecule has 3 heterocycles. The zero-order valence-electron chi connectivity index (χ0n) is 18.4. The minimum absolute atomic E-state index is 0.0494. The van der Waals surface area contributed by atoms with Crippen molar-refractivity contribution in [3.8, 4) is 0 Å². The summed E-state index contributed by atoms with van der Waals surface area (Å²) in [5.74, 6) is 0.128. The predicted molar refractivity (Wildman–Crippen MR) is 119 cm³/mol. The number of rotatable bonds is 5. The number of carbonyl (C=O) groups is 1. The highest BCUT2D eigenvalue weighted by Crippen LogP contribution is 2.31. The molecule has 8 nitrogen and oxygen atoms in total. The Bertz CT molecular complexity index is 1050. The van der Waals surface area contributed by atoms with E-state index in [0.717, 1.165) is 49.8 Å². The van der Waals surface area contributed by atoms with Gasteiger partial charge in [-0.15, -0.1) is 0 Å². The number of hydrogen-bond donors (Lipinski definition) is 0. The summed E-state index contributed by atoms with van der Waals surface area (Å²) in [5, 5.41) is 4.71.